The van der Waals surface area contributed by atoms with Gasteiger partial charge in [0.05, 0.1) is 6.54 Å². The quantitative estimate of drug-likeness (QED) is 0.396. The first-order valence-electron chi connectivity index (χ1n) is 7.57. The molecule has 0 aliphatic heterocycles. The van der Waals surface area contributed by atoms with Crippen LogP contribution in [0, 0.1) is 13.8 Å². The maximum atomic E-state index is 12.0. The number of nitrogens with zero attached hydrogens (tertiary/aromatic N) is 1. The maximum Gasteiger partial charge on any atom is 0.193 e. The first-order valence-corrected chi connectivity index (χ1v) is 9.06. The van der Waals surface area contributed by atoms with Gasteiger partial charge in [-0.25, -0.2) is 0 Å². The Kier molecular flexibility index (Phi) is 8.99. The molecule has 130 valence electrons. The van der Waals surface area contributed by atoms with Gasteiger partial charge in [-0.2, -0.15) is 0 Å². The second kappa shape index (κ2) is 10.5. The van der Waals surface area contributed by atoms with Crippen LogP contribution in [-0.2, 0) is 16.6 Å². The summed E-state index contributed by atoms with van der Waals surface area (Å²) in [7, 11) is -0.931. The highest BCUT2D eigenvalue weighted by Gasteiger charge is 2.02. The molecule has 0 aliphatic carbocycles. The van der Waals surface area contributed by atoms with Gasteiger partial charge in [-0.05, 0) is 42.7 Å². The largest absolute Gasteiger partial charge is 0.370 e. The Morgan fingerprint density at radius 3 is 2.50 bits per heavy atom. The number of aryl methyl sites for hydroxylation is 2. The molecule has 0 spiro atoms. The molecule has 0 radical (unpaired) electrons. The van der Waals surface area contributed by atoms with E-state index in [1.54, 1.807) is 0 Å². The minimum absolute atomic E-state index is 0. The van der Waals surface area contributed by atoms with Gasteiger partial charge >= 0.3 is 0 Å². The van der Waals surface area contributed by atoms with Crippen LogP contribution < -0.4 is 11.1 Å². The minimum atomic E-state index is -0.931. The van der Waals surface area contributed by atoms with Crippen molar-refractivity contribution in [1.29, 1.82) is 0 Å². The monoisotopic (exact) mass is 457 g/mol. The van der Waals surface area contributed by atoms with E-state index in [0.717, 1.165) is 11.3 Å². The Balaban J connectivity index is 0.00000288. The van der Waals surface area contributed by atoms with E-state index in [9.17, 15) is 4.21 Å². The molecule has 0 saturated carbocycles. The zero-order chi connectivity index (χ0) is 16.7. The van der Waals surface area contributed by atoms with Crippen molar-refractivity contribution in [3.63, 3.8) is 0 Å². The fourth-order valence-electron chi connectivity index (χ4n) is 2.11. The lowest BCUT2D eigenvalue weighted by Gasteiger charge is -2.08. The molecule has 3 N–H and O–H groups in total. The fourth-order valence-corrected chi connectivity index (χ4v) is 3.11. The van der Waals surface area contributed by atoms with Gasteiger partial charge < -0.3 is 11.1 Å². The molecular weight excluding hydrogens is 433 g/mol. The van der Waals surface area contributed by atoms with E-state index in [1.807, 2.05) is 48.5 Å². The average Bonchev–Trinajstić information content (AvgIpc) is 2.52. The summed E-state index contributed by atoms with van der Waals surface area (Å²) >= 11 is 0. The number of hydrogen-bond acceptors (Lipinski definition) is 2. The van der Waals surface area contributed by atoms with Crippen LogP contribution in [0.1, 0.15) is 16.7 Å². The normalized spacial score (nSPS) is 12.3. The van der Waals surface area contributed by atoms with Crippen LogP contribution in [0.15, 0.2) is 53.5 Å². The van der Waals surface area contributed by atoms with Gasteiger partial charge in [-0.15, -0.1) is 24.0 Å². The van der Waals surface area contributed by atoms with Crippen molar-refractivity contribution in [2.75, 3.05) is 17.6 Å². The van der Waals surface area contributed by atoms with Crippen LogP contribution in [0.25, 0.3) is 0 Å². The molecule has 2 rings (SSSR count). The third-order valence-corrected chi connectivity index (χ3v) is 4.84. The van der Waals surface area contributed by atoms with Gasteiger partial charge in [-0.1, -0.05) is 36.4 Å². The van der Waals surface area contributed by atoms with E-state index in [1.165, 1.54) is 11.1 Å². The summed E-state index contributed by atoms with van der Waals surface area (Å²) in [6, 6.07) is 15.9. The lowest BCUT2D eigenvalue weighted by atomic mass is 10.1. The molecule has 0 aliphatic rings. The zero-order valence-electron chi connectivity index (χ0n) is 14.0. The maximum absolute atomic E-state index is 12.0. The molecule has 1 unspecified atom stereocenters. The minimum Gasteiger partial charge on any atom is -0.370 e. The van der Waals surface area contributed by atoms with E-state index in [2.05, 4.69) is 24.2 Å². The summed E-state index contributed by atoms with van der Waals surface area (Å²) in [4.78, 5) is 4.24. The fraction of sp³-hybridized carbons (Fsp3) is 0.278. The number of nitrogens with one attached hydrogen (secondary N) is 1. The van der Waals surface area contributed by atoms with Crippen LogP contribution in [-0.4, -0.2) is 22.5 Å². The molecule has 2 aromatic carbocycles. The molecule has 0 bridgehead atoms. The van der Waals surface area contributed by atoms with Crippen LogP contribution in [0.4, 0.5) is 5.69 Å². The van der Waals surface area contributed by atoms with Crippen LogP contribution in [0.5, 0.6) is 0 Å². The molecule has 24 heavy (non-hydrogen) atoms. The van der Waals surface area contributed by atoms with Crippen molar-refractivity contribution in [3.05, 3.63) is 65.2 Å². The zero-order valence-corrected chi connectivity index (χ0v) is 17.1. The molecule has 0 fully saturated rings. The highest BCUT2D eigenvalue weighted by Crippen LogP contribution is 2.13. The van der Waals surface area contributed by atoms with Gasteiger partial charge in [0, 0.05) is 28.0 Å². The number of nitrogens with two attached hydrogens (primary N) is 1. The first kappa shape index (κ1) is 20.6. The van der Waals surface area contributed by atoms with Crippen molar-refractivity contribution >= 4 is 46.4 Å². The molecule has 0 heterocycles. The summed E-state index contributed by atoms with van der Waals surface area (Å²) in [5.41, 5.74) is 10.3. The molecule has 4 nitrogen and oxygen atoms in total. The molecule has 0 saturated heterocycles. The smallest absolute Gasteiger partial charge is 0.193 e. The number of aliphatic imine (C=N–C) groups is 1. The van der Waals surface area contributed by atoms with Crippen molar-refractivity contribution in [1.82, 2.24) is 0 Å². The Morgan fingerprint density at radius 1 is 1.12 bits per heavy atom. The molecule has 1 atom stereocenters. The topological polar surface area (TPSA) is 67.5 Å². The average molecular weight is 457 g/mol. The van der Waals surface area contributed by atoms with Crippen molar-refractivity contribution in [2.24, 2.45) is 10.7 Å². The van der Waals surface area contributed by atoms with Crippen molar-refractivity contribution < 1.29 is 4.21 Å². The Hall–Kier alpha value is -1.41. The number of anilines is 1. The third kappa shape index (κ3) is 7.00. The second-order valence-electron chi connectivity index (χ2n) is 5.46. The van der Waals surface area contributed by atoms with Gasteiger partial charge in [-0.3, -0.25) is 9.20 Å². The van der Waals surface area contributed by atoms with Gasteiger partial charge in [0.25, 0.3) is 0 Å². The van der Waals surface area contributed by atoms with Gasteiger partial charge in [0.15, 0.2) is 5.96 Å². The van der Waals surface area contributed by atoms with Gasteiger partial charge in [0.1, 0.15) is 0 Å². The van der Waals surface area contributed by atoms with Gasteiger partial charge in [0.2, 0.25) is 0 Å². The summed E-state index contributed by atoms with van der Waals surface area (Å²) in [6.07, 6.45) is 0. The predicted molar refractivity (Wildman–Crippen MR) is 115 cm³/mol. The number of rotatable bonds is 6. The molecule has 0 amide bonds. The number of guanidine groups is 1. The molecular formula is C18H24IN3OS. The Labute approximate surface area is 163 Å². The number of halogens is 1. The predicted octanol–water partition coefficient (Wildman–Crippen LogP) is 3.60. The van der Waals surface area contributed by atoms with E-state index < -0.39 is 10.8 Å². The molecule has 2 aromatic rings. The number of benzene rings is 2. The highest BCUT2D eigenvalue weighted by molar-refractivity contribution is 14.0. The van der Waals surface area contributed by atoms with Crippen molar-refractivity contribution in [2.45, 2.75) is 19.6 Å². The van der Waals surface area contributed by atoms with E-state index in [0.29, 0.717) is 24.0 Å². The molecule has 0 aromatic heterocycles. The lowest BCUT2D eigenvalue weighted by molar-refractivity contribution is 0.682. The highest BCUT2D eigenvalue weighted by atomic mass is 127. The van der Waals surface area contributed by atoms with Crippen LogP contribution in [0.3, 0.4) is 0 Å². The van der Waals surface area contributed by atoms with E-state index >= 15 is 0 Å². The standard InChI is InChI=1S/C18H23N3OS.HI/c1-14-8-9-17(12-15(14)2)21-18(19)20-10-11-23(22)13-16-6-4-3-5-7-16;/h3-9,12H,10-11,13H2,1-2H3,(H3,19,20,21);1H. The van der Waals surface area contributed by atoms with Crippen LogP contribution >= 0.6 is 24.0 Å². The first-order chi connectivity index (χ1) is 11.0. The number of hydrogen-bond donors (Lipinski definition) is 2. The van der Waals surface area contributed by atoms with Crippen LogP contribution in [0.2, 0.25) is 0 Å². The van der Waals surface area contributed by atoms with E-state index in [4.69, 9.17) is 5.73 Å². The third-order valence-electron chi connectivity index (χ3n) is 3.55. The Bertz CT molecular complexity index is 705. The summed E-state index contributed by atoms with van der Waals surface area (Å²) < 4.78 is 12.0. The van der Waals surface area contributed by atoms with Crippen molar-refractivity contribution in [3.8, 4) is 0 Å². The summed E-state index contributed by atoms with van der Waals surface area (Å²) in [5, 5.41) is 3.06. The van der Waals surface area contributed by atoms with E-state index in [-0.39, 0.29) is 24.0 Å². The SMILES string of the molecule is Cc1ccc(NC(N)=NCCS(=O)Cc2ccccc2)cc1C.I. The second-order valence-corrected chi connectivity index (χ2v) is 7.04. The Morgan fingerprint density at radius 2 is 1.83 bits per heavy atom. The molecule has 6 heteroatoms. The lowest BCUT2D eigenvalue weighted by Crippen LogP contribution is -2.23. The summed E-state index contributed by atoms with van der Waals surface area (Å²) in [6.45, 7) is 4.57. The summed E-state index contributed by atoms with van der Waals surface area (Å²) in [5.74, 6) is 1.41.